The average Bonchev–Trinajstić information content (AvgIpc) is 2.09. The van der Waals surface area contributed by atoms with E-state index >= 15 is 0 Å². The zero-order chi connectivity index (χ0) is 8.97. The first-order chi connectivity index (χ1) is 5.72. The lowest BCUT2D eigenvalue weighted by atomic mass is 10.6. The number of aliphatic hydroxyl groups excluding tert-OH is 1. The maximum Gasteiger partial charge on any atom is 0.251 e. The van der Waals surface area contributed by atoms with Crippen molar-refractivity contribution in [1.82, 2.24) is 9.97 Å². The second-order valence-corrected chi connectivity index (χ2v) is 2.03. The lowest BCUT2D eigenvalue weighted by Gasteiger charge is -2.00. The second-order valence-electron chi connectivity index (χ2n) is 2.03. The van der Waals surface area contributed by atoms with Crippen LogP contribution in [0, 0.1) is 0 Å². The van der Waals surface area contributed by atoms with Gasteiger partial charge >= 0.3 is 0 Å². The number of nitrogens with one attached hydrogen (secondary N) is 1. The predicted octanol–water partition coefficient (Wildman–Crippen LogP) is -1.01. The summed E-state index contributed by atoms with van der Waals surface area (Å²) in [5, 5.41) is 10.7. The maximum atomic E-state index is 10.6. The Morgan fingerprint density at radius 3 is 2.83 bits per heavy atom. The van der Waals surface area contributed by atoms with Gasteiger partial charge in [-0.1, -0.05) is 0 Å². The fourth-order valence-corrected chi connectivity index (χ4v) is 0.585. The largest absolute Gasteiger partial charge is 0.387 e. The number of carbonyl (C=O) groups is 1. The first-order valence-electron chi connectivity index (χ1n) is 3.20. The number of hydrogen-bond acceptors (Lipinski definition) is 5. The first kappa shape index (κ1) is 8.41. The molecule has 1 rings (SSSR count). The molecule has 6 heteroatoms. The summed E-state index contributed by atoms with van der Waals surface area (Å²) in [6, 6.07) is 0. The Labute approximate surface area is 68.4 Å². The molecule has 0 spiro atoms. The van der Waals surface area contributed by atoms with E-state index < -0.39 is 12.5 Å². The lowest BCUT2D eigenvalue weighted by molar-refractivity contribution is -0.118. The fourth-order valence-electron chi connectivity index (χ4n) is 0.585. The Hall–Kier alpha value is -1.69. The summed E-state index contributed by atoms with van der Waals surface area (Å²) < 4.78 is 0. The second kappa shape index (κ2) is 3.63. The van der Waals surface area contributed by atoms with E-state index in [1.54, 1.807) is 0 Å². The Morgan fingerprint density at radius 1 is 1.58 bits per heavy atom. The van der Waals surface area contributed by atoms with Gasteiger partial charge in [-0.15, -0.1) is 0 Å². The van der Waals surface area contributed by atoms with Crippen molar-refractivity contribution in [3.8, 4) is 0 Å². The number of anilines is 2. The zero-order valence-electron chi connectivity index (χ0n) is 6.19. The predicted molar refractivity (Wildman–Crippen MR) is 42.2 cm³/mol. The van der Waals surface area contributed by atoms with Gasteiger partial charge in [0.05, 0.1) is 12.4 Å². The van der Waals surface area contributed by atoms with Gasteiger partial charge in [0.25, 0.3) is 5.91 Å². The first-order valence-corrected chi connectivity index (χ1v) is 3.20. The van der Waals surface area contributed by atoms with Crippen molar-refractivity contribution in [3.05, 3.63) is 12.4 Å². The van der Waals surface area contributed by atoms with E-state index in [1.807, 2.05) is 0 Å². The molecule has 1 amide bonds. The summed E-state index contributed by atoms with van der Waals surface area (Å²) in [5.41, 5.74) is 5.25. The number of nitrogens with zero attached hydrogens (tertiary/aromatic N) is 2. The number of amides is 1. The van der Waals surface area contributed by atoms with Gasteiger partial charge in [0.15, 0.2) is 5.82 Å². The molecule has 0 bridgehead atoms. The molecule has 0 saturated carbocycles. The molecule has 0 aliphatic carbocycles. The summed E-state index contributed by atoms with van der Waals surface area (Å²) in [4.78, 5) is 18.0. The van der Waals surface area contributed by atoms with Crippen LogP contribution >= 0.6 is 0 Å². The number of hydrogen-bond donors (Lipinski definition) is 3. The van der Waals surface area contributed by atoms with E-state index in [0.29, 0.717) is 0 Å². The Kier molecular flexibility index (Phi) is 2.54. The Morgan fingerprint density at radius 2 is 2.33 bits per heavy atom. The molecular weight excluding hydrogens is 160 g/mol. The van der Waals surface area contributed by atoms with Gasteiger partial charge in [0.1, 0.15) is 12.4 Å². The van der Waals surface area contributed by atoms with E-state index in [9.17, 15) is 4.79 Å². The van der Waals surface area contributed by atoms with Crippen LogP contribution < -0.4 is 11.1 Å². The van der Waals surface area contributed by atoms with Crippen LogP contribution in [0.25, 0.3) is 0 Å². The minimum atomic E-state index is -0.577. The van der Waals surface area contributed by atoms with Crippen molar-refractivity contribution in [1.29, 1.82) is 0 Å². The van der Waals surface area contributed by atoms with Crippen molar-refractivity contribution in [2.24, 2.45) is 0 Å². The molecule has 6 nitrogen and oxygen atoms in total. The van der Waals surface area contributed by atoms with Gasteiger partial charge in [0, 0.05) is 0 Å². The SMILES string of the molecule is Nc1cnc(NC(=O)CO)cn1. The van der Waals surface area contributed by atoms with E-state index in [0.717, 1.165) is 0 Å². The molecule has 12 heavy (non-hydrogen) atoms. The Bertz CT molecular complexity index is 271. The van der Waals surface area contributed by atoms with Crippen molar-refractivity contribution in [2.45, 2.75) is 0 Å². The van der Waals surface area contributed by atoms with Gasteiger partial charge in [-0.05, 0) is 0 Å². The monoisotopic (exact) mass is 168 g/mol. The van der Waals surface area contributed by atoms with Gasteiger partial charge in [0.2, 0.25) is 0 Å². The molecule has 64 valence electrons. The molecule has 4 N–H and O–H groups in total. The molecule has 0 aliphatic rings. The topological polar surface area (TPSA) is 101 Å². The minimum absolute atomic E-state index is 0.267. The van der Waals surface area contributed by atoms with E-state index in [4.69, 9.17) is 10.8 Å². The third-order valence-electron chi connectivity index (χ3n) is 1.08. The van der Waals surface area contributed by atoms with E-state index in [-0.39, 0.29) is 11.6 Å². The third-order valence-corrected chi connectivity index (χ3v) is 1.08. The number of aliphatic hydroxyl groups is 1. The molecule has 0 aromatic carbocycles. The normalized spacial score (nSPS) is 9.42. The van der Waals surface area contributed by atoms with Gasteiger partial charge in [-0.3, -0.25) is 4.79 Å². The molecule has 0 fully saturated rings. The van der Waals surface area contributed by atoms with Crippen molar-refractivity contribution >= 4 is 17.5 Å². The molecule has 1 aromatic heterocycles. The minimum Gasteiger partial charge on any atom is -0.387 e. The smallest absolute Gasteiger partial charge is 0.251 e. The summed E-state index contributed by atoms with van der Waals surface area (Å²) >= 11 is 0. The van der Waals surface area contributed by atoms with Crippen molar-refractivity contribution in [3.63, 3.8) is 0 Å². The fraction of sp³-hybridized carbons (Fsp3) is 0.167. The van der Waals surface area contributed by atoms with Gasteiger partial charge in [-0.25, -0.2) is 9.97 Å². The molecule has 0 unspecified atom stereocenters. The van der Waals surface area contributed by atoms with E-state index in [1.165, 1.54) is 12.4 Å². The van der Waals surface area contributed by atoms with Crippen LogP contribution in [-0.2, 0) is 4.79 Å². The number of nitrogens with two attached hydrogens (primary N) is 1. The quantitative estimate of drug-likeness (QED) is 0.525. The van der Waals surface area contributed by atoms with E-state index in [2.05, 4.69) is 15.3 Å². The highest BCUT2D eigenvalue weighted by Gasteiger charge is 1.99. The lowest BCUT2D eigenvalue weighted by Crippen LogP contribution is -2.16. The van der Waals surface area contributed by atoms with Gasteiger partial charge in [-0.2, -0.15) is 0 Å². The van der Waals surface area contributed by atoms with Crippen LogP contribution in [0.1, 0.15) is 0 Å². The van der Waals surface area contributed by atoms with Crippen LogP contribution in [0.3, 0.4) is 0 Å². The zero-order valence-corrected chi connectivity index (χ0v) is 6.19. The summed E-state index contributed by atoms with van der Waals surface area (Å²) in [6.45, 7) is -0.577. The number of nitrogen functional groups attached to an aromatic ring is 1. The molecular formula is C6H8N4O2. The standard InChI is InChI=1S/C6H8N4O2/c7-4-1-9-5(2-8-4)10-6(12)3-11/h1-2,11H,3H2,(H2,7,8)(H,9,10,12). The number of aromatic nitrogens is 2. The van der Waals surface area contributed by atoms with Crippen LogP contribution in [0.4, 0.5) is 11.6 Å². The number of carbonyl (C=O) groups excluding carboxylic acids is 1. The van der Waals surface area contributed by atoms with Crippen LogP contribution in [-0.4, -0.2) is 27.6 Å². The van der Waals surface area contributed by atoms with Crippen LogP contribution in [0.5, 0.6) is 0 Å². The third kappa shape index (κ3) is 2.17. The highest BCUT2D eigenvalue weighted by Crippen LogP contribution is 2.00. The molecule has 0 aliphatic heterocycles. The molecule has 1 heterocycles. The van der Waals surface area contributed by atoms with Crippen LogP contribution in [0.2, 0.25) is 0 Å². The molecule has 1 aromatic rings. The highest BCUT2D eigenvalue weighted by molar-refractivity contribution is 5.90. The van der Waals surface area contributed by atoms with Gasteiger partial charge < -0.3 is 16.2 Å². The van der Waals surface area contributed by atoms with Crippen molar-refractivity contribution in [2.75, 3.05) is 17.7 Å². The molecule has 0 saturated heterocycles. The summed E-state index contributed by atoms with van der Waals surface area (Å²) in [7, 11) is 0. The number of rotatable bonds is 2. The molecule has 0 radical (unpaired) electrons. The van der Waals surface area contributed by atoms with Crippen LogP contribution in [0.15, 0.2) is 12.4 Å². The molecule has 0 atom stereocenters. The average molecular weight is 168 g/mol. The summed E-state index contributed by atoms with van der Waals surface area (Å²) in [6.07, 6.45) is 2.62. The maximum absolute atomic E-state index is 10.6. The highest BCUT2D eigenvalue weighted by atomic mass is 16.3. The van der Waals surface area contributed by atoms with Crippen molar-refractivity contribution < 1.29 is 9.90 Å². The Balaban J connectivity index is 2.64. The summed E-state index contributed by atoms with van der Waals surface area (Å²) in [5.74, 6) is 0.00863.